The number of allylic oxidation sites excluding steroid dienone is 1. The molecule has 0 bridgehead atoms. The van der Waals surface area contributed by atoms with Crippen molar-refractivity contribution in [3.63, 3.8) is 0 Å². The highest BCUT2D eigenvalue weighted by atomic mass is 32.2. The molecule has 2 aliphatic carbocycles. The Labute approximate surface area is 309 Å². The van der Waals surface area contributed by atoms with Gasteiger partial charge in [-0.05, 0) is 57.6 Å². The van der Waals surface area contributed by atoms with Crippen LogP contribution in [0, 0.1) is 12.8 Å². The van der Waals surface area contributed by atoms with Gasteiger partial charge < -0.3 is 24.8 Å². The number of rotatable bonds is 8. The molecule has 4 amide bonds. The lowest BCUT2D eigenvalue weighted by Crippen LogP contribution is -2.58. The fourth-order valence-corrected chi connectivity index (χ4v) is 8.43. The third-order valence-corrected chi connectivity index (χ3v) is 12.1. The van der Waals surface area contributed by atoms with E-state index < -0.39 is 86.0 Å². The van der Waals surface area contributed by atoms with Crippen LogP contribution >= 0.6 is 0 Å². The summed E-state index contributed by atoms with van der Waals surface area (Å²) in [5, 5.41) is 8.55. The van der Waals surface area contributed by atoms with Crippen LogP contribution in [-0.4, -0.2) is 87.6 Å². The highest BCUT2D eigenvalue weighted by molar-refractivity contribution is 7.91. The monoisotopic (exact) mass is 769 g/mol. The number of fused-ring (bicyclic) bond motifs is 3. The first-order valence-corrected chi connectivity index (χ1v) is 19.6. The third-order valence-electron chi connectivity index (χ3n) is 10.2. The zero-order chi connectivity index (χ0) is 38.4. The van der Waals surface area contributed by atoms with Crippen LogP contribution in [0.1, 0.15) is 86.7 Å². The Morgan fingerprint density at radius 3 is 2.52 bits per heavy atom. The molecular weight excluding hydrogens is 728 g/mol. The summed E-state index contributed by atoms with van der Waals surface area (Å²) < 4.78 is 68.7. The number of ether oxygens (including phenoxy) is 1. The smallest absolute Gasteiger partial charge is 0.292 e. The number of nitrogens with zero attached hydrogens (tertiary/aromatic N) is 4. The number of aryl methyl sites for hydroxylation is 1. The number of benzene rings is 1. The minimum absolute atomic E-state index is 0.0463. The fraction of sp³-hybridized carbons (Fsp3) is 0.528. The van der Waals surface area contributed by atoms with E-state index >= 15 is 0 Å². The molecule has 54 heavy (non-hydrogen) atoms. The van der Waals surface area contributed by atoms with Crippen LogP contribution < -0.4 is 20.1 Å². The van der Waals surface area contributed by atoms with Crippen molar-refractivity contribution >= 4 is 44.7 Å². The second kappa shape index (κ2) is 14.3. The van der Waals surface area contributed by atoms with Gasteiger partial charge >= 0.3 is 0 Å². The second-order valence-corrected chi connectivity index (χ2v) is 16.6. The molecule has 2 aliphatic heterocycles. The summed E-state index contributed by atoms with van der Waals surface area (Å²) in [5.41, 5.74) is -1.88. The number of alkyl halides is 2. The Hall–Kier alpha value is -5.00. The molecule has 2 aromatic heterocycles. The summed E-state index contributed by atoms with van der Waals surface area (Å²) in [6.07, 6.45) is 6.17. The first-order valence-electron chi connectivity index (χ1n) is 18.1. The number of amides is 4. The molecule has 0 spiro atoms. The maximum Gasteiger partial charge on any atom is 0.292 e. The maximum atomic E-state index is 14.9. The molecule has 4 aliphatic rings. The minimum atomic E-state index is -3.96. The number of sulfonamides is 1. The zero-order valence-electron chi connectivity index (χ0n) is 29.7. The lowest BCUT2D eigenvalue weighted by molar-refractivity contribution is -0.141. The molecule has 4 heterocycles. The molecule has 0 unspecified atom stereocenters. The quantitative estimate of drug-likeness (QED) is 0.284. The number of para-hydroxylation sites is 2. The Morgan fingerprint density at radius 2 is 1.83 bits per heavy atom. The molecule has 3 aromatic rings. The second-order valence-electron chi connectivity index (χ2n) is 14.6. The highest BCUT2D eigenvalue weighted by Gasteiger charge is 2.62. The molecule has 2 saturated carbocycles. The molecule has 15 nitrogen and oxygen atoms in total. The standard InChI is InChI=1S/C36H41F2N7O8S/c1-20-16-27(43-53-20)30(46)40-26-13-7-5-3-4-6-10-21-18-36(21,34(49)44-54(50,51)23-14-15-23)42-31(47)28-17-22(19-45(28)33(26)48)52-32-29(35(2,37)38)39-24-11-8-9-12-25(24)41-32/h6,8-12,16,21-23,26,28H,3-5,7,13-15,17-19H2,1-2H3,(H,40,46)(H,42,47)(H,44,49)/t21-,22-,26+,28+,36-/m1/s1. The zero-order valence-corrected chi connectivity index (χ0v) is 30.5. The van der Waals surface area contributed by atoms with E-state index in [1.807, 2.05) is 6.08 Å². The Kier molecular flexibility index (Phi) is 9.91. The predicted octanol–water partition coefficient (Wildman–Crippen LogP) is 3.19. The van der Waals surface area contributed by atoms with Crippen molar-refractivity contribution in [3.8, 4) is 5.88 Å². The molecule has 3 fully saturated rings. The number of hydrogen-bond donors (Lipinski definition) is 3. The van der Waals surface area contributed by atoms with Crippen LogP contribution in [0.15, 0.2) is 47.0 Å². The van der Waals surface area contributed by atoms with E-state index in [4.69, 9.17) is 9.26 Å². The Balaban J connectivity index is 1.22. The summed E-state index contributed by atoms with van der Waals surface area (Å²) in [6.45, 7) is 2.00. The van der Waals surface area contributed by atoms with Crippen LogP contribution in [0.5, 0.6) is 5.88 Å². The van der Waals surface area contributed by atoms with Crippen LogP contribution in [0.2, 0.25) is 0 Å². The normalized spacial score (nSPS) is 26.6. The Bertz CT molecular complexity index is 2120. The average Bonchev–Trinajstić information content (AvgIpc) is 4.01. The molecule has 18 heteroatoms. The third kappa shape index (κ3) is 7.79. The summed E-state index contributed by atoms with van der Waals surface area (Å²) in [5.74, 6) is -7.04. The van der Waals surface area contributed by atoms with E-state index in [0.29, 0.717) is 44.8 Å². The predicted molar refractivity (Wildman–Crippen MR) is 187 cm³/mol. The average molecular weight is 770 g/mol. The van der Waals surface area contributed by atoms with Crippen LogP contribution in [0.3, 0.4) is 0 Å². The number of halogens is 2. The van der Waals surface area contributed by atoms with E-state index in [1.165, 1.54) is 17.0 Å². The van der Waals surface area contributed by atoms with E-state index in [0.717, 1.165) is 6.42 Å². The van der Waals surface area contributed by atoms with Gasteiger partial charge in [0.05, 0.1) is 22.8 Å². The first-order chi connectivity index (χ1) is 25.6. The van der Waals surface area contributed by atoms with Crippen molar-refractivity contribution in [1.29, 1.82) is 0 Å². The summed E-state index contributed by atoms with van der Waals surface area (Å²) in [7, 11) is -3.96. The van der Waals surface area contributed by atoms with E-state index in [9.17, 15) is 36.4 Å². The van der Waals surface area contributed by atoms with Crippen molar-refractivity contribution in [2.24, 2.45) is 5.92 Å². The number of carbonyl (C=O) groups excluding carboxylic acids is 4. The highest BCUT2D eigenvalue weighted by Crippen LogP contribution is 2.46. The minimum Gasteiger partial charge on any atom is -0.471 e. The summed E-state index contributed by atoms with van der Waals surface area (Å²) in [4.78, 5) is 65.3. The largest absolute Gasteiger partial charge is 0.471 e. The van der Waals surface area contributed by atoms with Crippen molar-refractivity contribution in [2.75, 3.05) is 6.54 Å². The van der Waals surface area contributed by atoms with Crippen LogP contribution in [0.25, 0.3) is 11.0 Å². The molecule has 5 atom stereocenters. The van der Waals surface area contributed by atoms with Crippen molar-refractivity contribution in [3.05, 3.63) is 59.6 Å². The van der Waals surface area contributed by atoms with Crippen LogP contribution in [-0.2, 0) is 30.3 Å². The van der Waals surface area contributed by atoms with Gasteiger partial charge in [0, 0.05) is 25.3 Å². The SMILES string of the molecule is Cc1cc(C(=O)N[C@H]2CCCCCC=C[C@@H]3C[C@@]3(C(=O)NS(=O)(=O)C3CC3)NC(=O)[C@@H]3C[C@@H](Oc4nc5ccccc5nc4C(C)(F)F)CN3C2=O)no1. The van der Waals surface area contributed by atoms with Gasteiger partial charge in [0.2, 0.25) is 27.7 Å². The molecule has 7 rings (SSSR count). The molecule has 1 aromatic carbocycles. The molecule has 288 valence electrons. The number of aromatic nitrogens is 3. The van der Waals surface area contributed by atoms with Gasteiger partial charge in [0.25, 0.3) is 17.7 Å². The lowest BCUT2D eigenvalue weighted by atomic mass is 10.0. The molecule has 0 radical (unpaired) electrons. The van der Waals surface area contributed by atoms with Gasteiger partial charge in [-0.2, -0.15) is 8.78 Å². The summed E-state index contributed by atoms with van der Waals surface area (Å²) in [6, 6.07) is 5.39. The van der Waals surface area contributed by atoms with Crippen molar-refractivity contribution < 1.29 is 45.6 Å². The van der Waals surface area contributed by atoms with Crippen molar-refractivity contribution in [1.82, 2.24) is 35.4 Å². The maximum absolute atomic E-state index is 14.9. The van der Waals surface area contributed by atoms with Gasteiger partial charge in [-0.15, -0.1) is 0 Å². The molecular formula is C36H41F2N7O8S. The molecule has 1 saturated heterocycles. The lowest BCUT2D eigenvalue weighted by Gasteiger charge is -2.29. The summed E-state index contributed by atoms with van der Waals surface area (Å²) >= 11 is 0. The van der Waals surface area contributed by atoms with Crippen molar-refractivity contribution in [2.45, 2.75) is 107 Å². The first kappa shape index (κ1) is 37.3. The number of nitrogens with one attached hydrogen (secondary N) is 3. The van der Waals surface area contributed by atoms with Gasteiger partial charge in [-0.1, -0.05) is 42.3 Å². The van der Waals surface area contributed by atoms with Gasteiger partial charge in [-0.3, -0.25) is 23.9 Å². The fourth-order valence-electron chi connectivity index (χ4n) is 7.06. The van der Waals surface area contributed by atoms with E-state index in [-0.39, 0.29) is 42.5 Å². The number of carbonyl (C=O) groups is 4. The topological polar surface area (TPSA) is 203 Å². The molecule has 3 N–H and O–H groups in total. The van der Waals surface area contributed by atoms with Gasteiger partial charge in [-0.25, -0.2) is 18.4 Å². The van der Waals surface area contributed by atoms with Gasteiger partial charge in [0.15, 0.2) is 11.4 Å². The van der Waals surface area contributed by atoms with E-state index in [2.05, 4.69) is 30.5 Å². The van der Waals surface area contributed by atoms with E-state index in [1.54, 1.807) is 31.2 Å². The Morgan fingerprint density at radius 1 is 1.09 bits per heavy atom. The van der Waals surface area contributed by atoms with Gasteiger partial charge in [0.1, 0.15) is 29.5 Å². The van der Waals surface area contributed by atoms with Crippen LogP contribution in [0.4, 0.5) is 8.78 Å². The number of hydrogen-bond acceptors (Lipinski definition) is 11.